The number of urea groups is 1. The highest BCUT2D eigenvalue weighted by molar-refractivity contribution is 6.06. The van der Waals surface area contributed by atoms with Crippen molar-refractivity contribution < 1.29 is 14.3 Å². The third-order valence-corrected chi connectivity index (χ3v) is 7.24. The number of carbonyl (C=O) groups excluding carboxylic acids is 2. The molecule has 196 valence electrons. The molecule has 2 aromatic rings. The van der Waals surface area contributed by atoms with Crippen LogP contribution in [0.2, 0.25) is 0 Å². The van der Waals surface area contributed by atoms with Crippen LogP contribution in [0.4, 0.5) is 10.5 Å². The van der Waals surface area contributed by atoms with E-state index in [1.807, 2.05) is 56.3 Å². The SMILES string of the molecule is COc1ccccc1N1CCN(CCCCCN2C(=O)N(Cc3ccccc3)C(=O)C2(C)C)CC1.Cl. The van der Waals surface area contributed by atoms with Crippen molar-refractivity contribution in [1.29, 1.82) is 0 Å². The number of imide groups is 1. The van der Waals surface area contributed by atoms with E-state index in [0.717, 1.165) is 63.3 Å². The van der Waals surface area contributed by atoms with E-state index >= 15 is 0 Å². The Bertz CT molecular complexity index is 1010. The molecule has 0 bridgehead atoms. The van der Waals surface area contributed by atoms with Crippen LogP contribution in [0.15, 0.2) is 54.6 Å². The van der Waals surface area contributed by atoms with Crippen LogP contribution in [0.5, 0.6) is 5.75 Å². The van der Waals surface area contributed by atoms with E-state index in [4.69, 9.17) is 4.74 Å². The molecule has 0 N–H and O–H groups in total. The second kappa shape index (κ2) is 12.5. The summed E-state index contributed by atoms with van der Waals surface area (Å²) in [4.78, 5) is 34.1. The number of methoxy groups -OCH3 is 1. The number of hydrogen-bond acceptors (Lipinski definition) is 5. The molecule has 3 amide bonds. The summed E-state index contributed by atoms with van der Waals surface area (Å²) in [5.74, 6) is 0.820. The Hall–Kier alpha value is -2.77. The van der Waals surface area contributed by atoms with E-state index < -0.39 is 5.54 Å². The van der Waals surface area contributed by atoms with Crippen LogP contribution in [0, 0.1) is 0 Å². The molecule has 36 heavy (non-hydrogen) atoms. The van der Waals surface area contributed by atoms with Gasteiger partial charge in [-0.15, -0.1) is 12.4 Å². The van der Waals surface area contributed by atoms with Crippen LogP contribution >= 0.6 is 12.4 Å². The van der Waals surface area contributed by atoms with Gasteiger partial charge in [0.2, 0.25) is 0 Å². The fourth-order valence-corrected chi connectivity index (χ4v) is 5.08. The van der Waals surface area contributed by atoms with Crippen molar-refractivity contribution in [2.45, 2.75) is 45.2 Å². The highest BCUT2D eigenvalue weighted by atomic mass is 35.5. The standard InChI is InChI=1S/C28H38N4O3.ClH/c1-28(2)26(33)31(22-23-12-6-4-7-13-23)27(34)32(28)17-11-5-10-16-29-18-20-30(21-19-29)24-14-8-9-15-25(24)35-3;/h4,6-9,12-15H,5,10-11,16-22H2,1-3H3;1H. The minimum atomic E-state index is -0.791. The lowest BCUT2D eigenvalue weighted by Crippen LogP contribution is -2.46. The largest absolute Gasteiger partial charge is 0.495 e. The van der Waals surface area contributed by atoms with Crippen molar-refractivity contribution in [1.82, 2.24) is 14.7 Å². The quantitative estimate of drug-likeness (QED) is 0.341. The number of halogens is 1. The summed E-state index contributed by atoms with van der Waals surface area (Å²) in [6.45, 7) is 9.81. The number of rotatable bonds is 10. The lowest BCUT2D eigenvalue weighted by atomic mass is 10.0. The number of piperazine rings is 1. The van der Waals surface area contributed by atoms with Gasteiger partial charge in [-0.2, -0.15) is 0 Å². The van der Waals surface area contributed by atoms with Gasteiger partial charge in [0.15, 0.2) is 0 Å². The van der Waals surface area contributed by atoms with Crippen molar-refractivity contribution in [3.05, 3.63) is 60.2 Å². The number of benzene rings is 2. The molecule has 2 aliphatic rings. The second-order valence-electron chi connectivity index (χ2n) is 9.93. The first-order valence-electron chi connectivity index (χ1n) is 12.7. The van der Waals surface area contributed by atoms with E-state index in [2.05, 4.69) is 21.9 Å². The number of carbonyl (C=O) groups is 2. The van der Waals surface area contributed by atoms with Gasteiger partial charge >= 0.3 is 6.03 Å². The van der Waals surface area contributed by atoms with Crippen molar-refractivity contribution in [2.75, 3.05) is 51.3 Å². The summed E-state index contributed by atoms with van der Waals surface area (Å²) >= 11 is 0. The van der Waals surface area contributed by atoms with E-state index in [1.54, 1.807) is 12.0 Å². The maximum atomic E-state index is 13.0. The molecule has 0 atom stereocenters. The van der Waals surface area contributed by atoms with Crippen molar-refractivity contribution in [2.24, 2.45) is 0 Å². The van der Waals surface area contributed by atoms with Crippen LogP contribution in [-0.2, 0) is 11.3 Å². The van der Waals surface area contributed by atoms with E-state index in [-0.39, 0.29) is 24.3 Å². The van der Waals surface area contributed by atoms with Crippen molar-refractivity contribution >= 4 is 30.0 Å². The Labute approximate surface area is 221 Å². The molecular formula is C28H39ClN4O3. The summed E-state index contributed by atoms with van der Waals surface area (Å²) < 4.78 is 5.52. The van der Waals surface area contributed by atoms with Crippen molar-refractivity contribution in [3.63, 3.8) is 0 Å². The number of para-hydroxylation sites is 2. The molecule has 2 saturated heterocycles. The maximum Gasteiger partial charge on any atom is 0.327 e. The van der Waals surface area contributed by atoms with Gasteiger partial charge in [-0.05, 0) is 50.9 Å². The molecule has 2 aliphatic heterocycles. The Morgan fingerprint density at radius 2 is 1.47 bits per heavy atom. The van der Waals surface area contributed by atoms with Gasteiger partial charge in [0.25, 0.3) is 5.91 Å². The van der Waals surface area contributed by atoms with Gasteiger partial charge in [0, 0.05) is 32.7 Å². The zero-order valence-electron chi connectivity index (χ0n) is 21.7. The Balaban J connectivity index is 0.00000361. The fraction of sp³-hybridized carbons (Fsp3) is 0.500. The minimum absolute atomic E-state index is 0. The summed E-state index contributed by atoms with van der Waals surface area (Å²) in [7, 11) is 1.72. The third kappa shape index (κ3) is 6.13. The first-order valence-corrected chi connectivity index (χ1v) is 12.7. The summed E-state index contributed by atoms with van der Waals surface area (Å²) in [5, 5.41) is 0. The van der Waals surface area contributed by atoms with Gasteiger partial charge in [0.1, 0.15) is 11.3 Å². The van der Waals surface area contributed by atoms with Gasteiger partial charge < -0.3 is 14.5 Å². The molecule has 0 aromatic heterocycles. The zero-order valence-corrected chi connectivity index (χ0v) is 22.5. The number of amides is 3. The molecule has 0 radical (unpaired) electrons. The molecule has 0 saturated carbocycles. The van der Waals surface area contributed by atoms with Crippen LogP contribution in [0.25, 0.3) is 0 Å². The Morgan fingerprint density at radius 1 is 0.833 bits per heavy atom. The molecule has 0 spiro atoms. The Kier molecular flexibility index (Phi) is 9.63. The number of hydrogen-bond donors (Lipinski definition) is 0. The van der Waals surface area contributed by atoms with Gasteiger partial charge in [0.05, 0.1) is 19.3 Å². The second-order valence-corrected chi connectivity index (χ2v) is 9.93. The number of unbranched alkanes of at least 4 members (excludes halogenated alkanes) is 2. The van der Waals surface area contributed by atoms with Crippen LogP contribution in [0.1, 0.15) is 38.7 Å². The zero-order chi connectivity index (χ0) is 24.8. The molecule has 2 heterocycles. The van der Waals surface area contributed by atoms with Crippen LogP contribution in [0.3, 0.4) is 0 Å². The average molecular weight is 515 g/mol. The van der Waals surface area contributed by atoms with E-state index in [0.29, 0.717) is 13.1 Å². The normalized spacial score (nSPS) is 17.9. The highest BCUT2D eigenvalue weighted by Crippen LogP contribution is 2.30. The topological polar surface area (TPSA) is 56.3 Å². The molecule has 2 aromatic carbocycles. The minimum Gasteiger partial charge on any atom is -0.495 e. The molecule has 4 rings (SSSR count). The lowest BCUT2D eigenvalue weighted by molar-refractivity contribution is -0.132. The lowest BCUT2D eigenvalue weighted by Gasteiger charge is -2.36. The first kappa shape index (κ1) is 27.8. The predicted octanol–water partition coefficient (Wildman–Crippen LogP) is 4.65. The third-order valence-electron chi connectivity index (χ3n) is 7.24. The average Bonchev–Trinajstić information content (AvgIpc) is 3.04. The summed E-state index contributed by atoms with van der Waals surface area (Å²) in [6, 6.07) is 17.7. The fourth-order valence-electron chi connectivity index (χ4n) is 5.08. The summed E-state index contributed by atoms with van der Waals surface area (Å²) in [6.07, 6.45) is 3.04. The maximum absolute atomic E-state index is 13.0. The van der Waals surface area contributed by atoms with Crippen LogP contribution in [-0.4, -0.2) is 78.6 Å². The number of nitrogens with zero attached hydrogens (tertiary/aromatic N) is 4. The molecule has 0 aliphatic carbocycles. The smallest absolute Gasteiger partial charge is 0.327 e. The van der Waals surface area contributed by atoms with Gasteiger partial charge in [-0.3, -0.25) is 14.6 Å². The molecule has 7 nitrogen and oxygen atoms in total. The van der Waals surface area contributed by atoms with Gasteiger partial charge in [-0.25, -0.2) is 4.79 Å². The number of anilines is 1. The molecular weight excluding hydrogens is 476 g/mol. The van der Waals surface area contributed by atoms with E-state index in [1.165, 1.54) is 10.6 Å². The molecule has 2 fully saturated rings. The summed E-state index contributed by atoms with van der Waals surface area (Å²) in [5.41, 5.74) is 1.35. The van der Waals surface area contributed by atoms with Crippen molar-refractivity contribution in [3.8, 4) is 5.75 Å². The first-order chi connectivity index (χ1) is 16.9. The predicted molar refractivity (Wildman–Crippen MR) is 146 cm³/mol. The van der Waals surface area contributed by atoms with E-state index in [9.17, 15) is 9.59 Å². The molecule has 0 unspecified atom stereocenters. The highest BCUT2D eigenvalue weighted by Gasteiger charge is 2.50. The van der Waals surface area contributed by atoms with Gasteiger partial charge in [-0.1, -0.05) is 48.9 Å². The Morgan fingerprint density at radius 3 is 2.17 bits per heavy atom. The van der Waals surface area contributed by atoms with Crippen LogP contribution < -0.4 is 9.64 Å². The molecule has 8 heteroatoms. The number of ether oxygens (including phenoxy) is 1. The monoisotopic (exact) mass is 514 g/mol.